The lowest BCUT2D eigenvalue weighted by Crippen LogP contribution is -2.26. The van der Waals surface area contributed by atoms with Gasteiger partial charge in [-0.25, -0.2) is 8.78 Å². The van der Waals surface area contributed by atoms with Gasteiger partial charge in [0.15, 0.2) is 0 Å². The van der Waals surface area contributed by atoms with Crippen molar-refractivity contribution in [1.29, 1.82) is 0 Å². The van der Waals surface area contributed by atoms with E-state index in [1.807, 2.05) is 0 Å². The highest BCUT2D eigenvalue weighted by molar-refractivity contribution is 5.95. The lowest BCUT2D eigenvalue weighted by molar-refractivity contribution is 0.0948. The summed E-state index contributed by atoms with van der Waals surface area (Å²) in [5.41, 5.74) is 4.86. The van der Waals surface area contributed by atoms with E-state index in [9.17, 15) is 13.6 Å². The molecule has 1 aromatic rings. The highest BCUT2D eigenvalue weighted by atomic mass is 19.1. The molecule has 92 valence electrons. The monoisotopic (exact) mass is 240 g/mol. The first-order valence-corrected chi connectivity index (χ1v) is 5.60. The van der Waals surface area contributed by atoms with Gasteiger partial charge >= 0.3 is 0 Å². The molecule has 0 heterocycles. The van der Waals surface area contributed by atoms with Gasteiger partial charge in [0.1, 0.15) is 11.6 Å². The van der Waals surface area contributed by atoms with Crippen LogP contribution >= 0.6 is 0 Å². The Kier molecular flexibility index (Phi) is 3.26. The van der Waals surface area contributed by atoms with E-state index in [0.717, 1.165) is 12.5 Å². The van der Waals surface area contributed by atoms with Crippen LogP contribution in [0, 0.1) is 17.6 Å². The first-order valence-electron chi connectivity index (χ1n) is 5.60. The molecular formula is C12H14F2N2O. The summed E-state index contributed by atoms with van der Waals surface area (Å²) in [5.74, 6) is -1.59. The van der Waals surface area contributed by atoms with Gasteiger partial charge in [-0.1, -0.05) is 12.8 Å². The van der Waals surface area contributed by atoms with E-state index < -0.39 is 17.5 Å². The first kappa shape index (κ1) is 11.8. The van der Waals surface area contributed by atoms with Crippen molar-refractivity contribution in [3.63, 3.8) is 0 Å². The Balaban J connectivity index is 1.99. The fourth-order valence-electron chi connectivity index (χ4n) is 1.63. The number of nitrogen functional groups attached to an aromatic ring is 1. The van der Waals surface area contributed by atoms with Crippen LogP contribution in [0.1, 0.15) is 29.6 Å². The summed E-state index contributed by atoms with van der Waals surface area (Å²) in [6, 6.07) is 1.66. The number of carbonyl (C=O) groups excluding carboxylic acids is 1. The Morgan fingerprint density at radius 2 is 2.06 bits per heavy atom. The van der Waals surface area contributed by atoms with Crippen molar-refractivity contribution < 1.29 is 13.6 Å². The van der Waals surface area contributed by atoms with E-state index in [-0.39, 0.29) is 11.3 Å². The molecule has 3 nitrogen and oxygen atoms in total. The Bertz CT molecular complexity index is 444. The molecule has 1 aliphatic rings. The molecule has 0 aromatic heterocycles. The number of nitrogens with one attached hydrogen (secondary N) is 1. The number of halogens is 2. The van der Waals surface area contributed by atoms with Crippen LogP contribution in [-0.2, 0) is 0 Å². The summed E-state index contributed by atoms with van der Waals surface area (Å²) in [5, 5.41) is 2.60. The third-order valence-corrected chi connectivity index (χ3v) is 2.87. The van der Waals surface area contributed by atoms with Gasteiger partial charge in [0.2, 0.25) is 0 Å². The molecule has 0 radical (unpaired) electrons. The predicted octanol–water partition coefficient (Wildman–Crippen LogP) is 2.08. The fourth-order valence-corrected chi connectivity index (χ4v) is 1.63. The van der Waals surface area contributed by atoms with Crippen LogP contribution in [0.3, 0.4) is 0 Å². The van der Waals surface area contributed by atoms with Gasteiger partial charge in [0.25, 0.3) is 5.91 Å². The number of amides is 1. The minimum absolute atomic E-state index is 0.209. The Morgan fingerprint density at radius 1 is 1.35 bits per heavy atom. The van der Waals surface area contributed by atoms with Crippen molar-refractivity contribution in [3.05, 3.63) is 29.3 Å². The van der Waals surface area contributed by atoms with Gasteiger partial charge in [0, 0.05) is 12.6 Å². The maximum atomic E-state index is 13.3. The molecule has 0 saturated heterocycles. The maximum Gasteiger partial charge on any atom is 0.254 e. The maximum absolute atomic E-state index is 13.3. The standard InChI is InChI=1S/C12H14F2N2O/c13-9-6-10(14)11(15)5-8(9)12(17)16-4-3-7-1-2-7/h5-7H,1-4,15H2,(H,16,17). The zero-order chi connectivity index (χ0) is 12.4. The SMILES string of the molecule is Nc1cc(C(=O)NCCC2CC2)c(F)cc1F. The van der Waals surface area contributed by atoms with Crippen molar-refractivity contribution in [1.82, 2.24) is 5.32 Å². The molecule has 1 fully saturated rings. The first-order chi connectivity index (χ1) is 8.08. The van der Waals surface area contributed by atoms with Crippen LogP contribution in [0.5, 0.6) is 0 Å². The van der Waals surface area contributed by atoms with E-state index in [4.69, 9.17) is 5.73 Å². The quantitative estimate of drug-likeness (QED) is 0.792. The van der Waals surface area contributed by atoms with E-state index in [1.165, 1.54) is 12.8 Å². The number of rotatable bonds is 4. The highest BCUT2D eigenvalue weighted by Crippen LogP contribution is 2.31. The molecule has 17 heavy (non-hydrogen) atoms. The van der Waals surface area contributed by atoms with Crippen LogP contribution < -0.4 is 11.1 Å². The van der Waals surface area contributed by atoms with Gasteiger partial charge in [0.05, 0.1) is 11.3 Å². The van der Waals surface area contributed by atoms with E-state index in [0.29, 0.717) is 18.5 Å². The smallest absolute Gasteiger partial charge is 0.254 e. The molecule has 0 bridgehead atoms. The van der Waals surface area contributed by atoms with Gasteiger partial charge in [-0.05, 0) is 18.4 Å². The summed E-state index contributed by atoms with van der Waals surface area (Å²) < 4.78 is 26.2. The molecular weight excluding hydrogens is 226 g/mol. The molecule has 1 aromatic carbocycles. The van der Waals surface area contributed by atoms with Crippen molar-refractivity contribution in [2.75, 3.05) is 12.3 Å². The van der Waals surface area contributed by atoms with Gasteiger partial charge in [-0.3, -0.25) is 4.79 Å². The number of nitrogens with two attached hydrogens (primary N) is 1. The average molecular weight is 240 g/mol. The van der Waals surface area contributed by atoms with Crippen LogP contribution in [0.4, 0.5) is 14.5 Å². The molecule has 5 heteroatoms. The molecule has 3 N–H and O–H groups in total. The van der Waals surface area contributed by atoms with Crippen LogP contribution in [0.2, 0.25) is 0 Å². The molecule has 1 aliphatic carbocycles. The van der Waals surface area contributed by atoms with E-state index >= 15 is 0 Å². The van der Waals surface area contributed by atoms with Gasteiger partial charge in [-0.2, -0.15) is 0 Å². The molecule has 0 unspecified atom stereocenters. The molecule has 2 rings (SSSR count). The number of hydrogen-bond donors (Lipinski definition) is 2. The molecule has 0 atom stereocenters. The number of hydrogen-bond acceptors (Lipinski definition) is 2. The summed E-state index contributed by atoms with van der Waals surface area (Å²) in [7, 11) is 0. The van der Waals surface area contributed by atoms with Crippen molar-refractivity contribution in [2.24, 2.45) is 5.92 Å². The second-order valence-electron chi connectivity index (χ2n) is 4.34. The zero-order valence-electron chi connectivity index (χ0n) is 9.30. The van der Waals surface area contributed by atoms with Crippen LogP contribution in [-0.4, -0.2) is 12.5 Å². The van der Waals surface area contributed by atoms with Crippen molar-refractivity contribution >= 4 is 11.6 Å². The third kappa shape index (κ3) is 2.93. The fraction of sp³-hybridized carbons (Fsp3) is 0.417. The highest BCUT2D eigenvalue weighted by Gasteiger charge is 2.21. The minimum Gasteiger partial charge on any atom is -0.396 e. The molecule has 0 spiro atoms. The Morgan fingerprint density at radius 3 is 2.71 bits per heavy atom. The summed E-state index contributed by atoms with van der Waals surface area (Å²) in [6.07, 6.45) is 3.31. The zero-order valence-corrected chi connectivity index (χ0v) is 9.30. The third-order valence-electron chi connectivity index (χ3n) is 2.87. The van der Waals surface area contributed by atoms with Crippen LogP contribution in [0.15, 0.2) is 12.1 Å². The number of anilines is 1. The van der Waals surface area contributed by atoms with Crippen LogP contribution in [0.25, 0.3) is 0 Å². The second-order valence-corrected chi connectivity index (χ2v) is 4.34. The van der Waals surface area contributed by atoms with E-state index in [2.05, 4.69) is 5.32 Å². The second kappa shape index (κ2) is 4.69. The van der Waals surface area contributed by atoms with Crippen molar-refractivity contribution in [2.45, 2.75) is 19.3 Å². The number of benzene rings is 1. The van der Waals surface area contributed by atoms with E-state index in [1.54, 1.807) is 0 Å². The predicted molar refractivity (Wildman–Crippen MR) is 60.4 cm³/mol. The minimum atomic E-state index is -0.888. The van der Waals surface area contributed by atoms with Crippen molar-refractivity contribution in [3.8, 4) is 0 Å². The topological polar surface area (TPSA) is 55.1 Å². The summed E-state index contributed by atoms with van der Waals surface area (Å²) >= 11 is 0. The normalized spacial score (nSPS) is 14.7. The largest absolute Gasteiger partial charge is 0.396 e. The number of carbonyl (C=O) groups is 1. The Labute approximate surface area is 98.0 Å². The lowest BCUT2D eigenvalue weighted by Gasteiger charge is -2.07. The lowest BCUT2D eigenvalue weighted by atomic mass is 10.1. The molecule has 1 saturated carbocycles. The average Bonchev–Trinajstić information content (AvgIpc) is 3.07. The molecule has 1 amide bonds. The van der Waals surface area contributed by atoms with Gasteiger partial charge < -0.3 is 11.1 Å². The Hall–Kier alpha value is -1.65. The van der Waals surface area contributed by atoms with Gasteiger partial charge in [-0.15, -0.1) is 0 Å². The molecule has 0 aliphatic heterocycles. The summed E-state index contributed by atoms with van der Waals surface area (Å²) in [6.45, 7) is 0.514. The summed E-state index contributed by atoms with van der Waals surface area (Å²) in [4.78, 5) is 11.6.